The number of halogens is 2. The molecule has 0 bridgehead atoms. The van der Waals surface area contributed by atoms with Crippen LogP contribution >= 0.6 is 27.5 Å². The molecule has 1 fully saturated rings. The van der Waals surface area contributed by atoms with Gasteiger partial charge in [-0.15, -0.1) is 11.6 Å². The molecule has 3 unspecified atom stereocenters. The molecule has 3 atom stereocenters. The number of rotatable bonds is 3. The summed E-state index contributed by atoms with van der Waals surface area (Å²) in [5.41, 5.74) is 2.24. The maximum absolute atomic E-state index is 6.35. The van der Waals surface area contributed by atoms with Gasteiger partial charge in [-0.1, -0.05) is 35.7 Å². The zero-order chi connectivity index (χ0) is 14.3. The van der Waals surface area contributed by atoms with Crippen molar-refractivity contribution in [3.8, 4) is 0 Å². The minimum absolute atomic E-state index is 0.0575. The molecule has 1 heterocycles. The predicted octanol–water partition coefficient (Wildman–Crippen LogP) is 5.53. The van der Waals surface area contributed by atoms with Gasteiger partial charge >= 0.3 is 0 Å². The monoisotopic (exact) mass is 354 g/mol. The average Bonchev–Trinajstić information content (AvgIpc) is 2.95. The van der Waals surface area contributed by atoms with Crippen molar-refractivity contribution < 1.29 is 0 Å². The Morgan fingerprint density at radius 2 is 2.25 bits per heavy atom. The van der Waals surface area contributed by atoms with Gasteiger partial charge in [0, 0.05) is 11.0 Å². The summed E-state index contributed by atoms with van der Waals surface area (Å²) in [6.07, 6.45) is 4.03. The molecule has 1 aromatic heterocycles. The highest BCUT2D eigenvalue weighted by Gasteiger charge is 2.26. The van der Waals surface area contributed by atoms with Crippen molar-refractivity contribution >= 4 is 38.6 Å². The van der Waals surface area contributed by atoms with Crippen LogP contribution < -0.4 is 0 Å². The lowest BCUT2D eigenvalue weighted by atomic mass is 9.98. The molecule has 0 N–H and O–H groups in total. The van der Waals surface area contributed by atoms with Crippen LogP contribution in [0.15, 0.2) is 22.7 Å². The fourth-order valence-electron chi connectivity index (χ4n) is 3.34. The molecule has 0 radical (unpaired) electrons. The van der Waals surface area contributed by atoms with E-state index in [2.05, 4.69) is 39.6 Å². The van der Waals surface area contributed by atoms with Gasteiger partial charge in [0.2, 0.25) is 0 Å². The first-order valence-corrected chi connectivity index (χ1v) is 8.59. The molecule has 2 nitrogen and oxygen atoms in total. The van der Waals surface area contributed by atoms with Gasteiger partial charge in [-0.3, -0.25) is 0 Å². The molecule has 2 aromatic rings. The Balaban J connectivity index is 2.05. The van der Waals surface area contributed by atoms with Gasteiger partial charge in [0.1, 0.15) is 5.82 Å². The normalized spacial score (nSPS) is 24.4. The first-order chi connectivity index (χ1) is 9.56. The topological polar surface area (TPSA) is 17.8 Å². The number of hydrogen-bond donors (Lipinski definition) is 0. The molecule has 0 aliphatic heterocycles. The maximum atomic E-state index is 6.35. The lowest BCUT2D eigenvalue weighted by Gasteiger charge is -2.19. The summed E-state index contributed by atoms with van der Waals surface area (Å²) < 4.78 is 3.43. The van der Waals surface area contributed by atoms with Crippen molar-refractivity contribution in [2.24, 2.45) is 11.8 Å². The van der Waals surface area contributed by atoms with E-state index in [0.29, 0.717) is 0 Å². The van der Waals surface area contributed by atoms with E-state index in [1.807, 2.05) is 13.0 Å². The largest absolute Gasteiger partial charge is 0.326 e. The van der Waals surface area contributed by atoms with Gasteiger partial charge < -0.3 is 4.57 Å². The van der Waals surface area contributed by atoms with E-state index in [1.54, 1.807) is 0 Å². The van der Waals surface area contributed by atoms with Crippen LogP contribution in [0.5, 0.6) is 0 Å². The van der Waals surface area contributed by atoms with E-state index >= 15 is 0 Å². The molecule has 1 aliphatic carbocycles. The molecule has 4 heteroatoms. The van der Waals surface area contributed by atoms with Crippen molar-refractivity contribution in [2.45, 2.75) is 45.0 Å². The first-order valence-electron chi connectivity index (χ1n) is 7.36. The van der Waals surface area contributed by atoms with Crippen molar-refractivity contribution in [1.29, 1.82) is 0 Å². The molecule has 1 saturated carbocycles. The number of alkyl halides is 1. The highest BCUT2D eigenvalue weighted by atomic mass is 79.9. The van der Waals surface area contributed by atoms with E-state index in [4.69, 9.17) is 16.6 Å². The van der Waals surface area contributed by atoms with Crippen LogP contribution in [0.2, 0.25) is 0 Å². The number of imidazole rings is 1. The second kappa shape index (κ2) is 5.69. The van der Waals surface area contributed by atoms with Crippen LogP contribution in [0.25, 0.3) is 11.0 Å². The van der Waals surface area contributed by atoms with Crippen molar-refractivity contribution in [2.75, 3.05) is 0 Å². The second-order valence-corrected chi connectivity index (χ2v) is 7.57. The second-order valence-electron chi connectivity index (χ2n) is 6.00. The average molecular weight is 356 g/mol. The summed E-state index contributed by atoms with van der Waals surface area (Å²) in [5, 5.41) is -0.0575. The van der Waals surface area contributed by atoms with Crippen LogP contribution in [0.3, 0.4) is 0 Å². The Hall–Kier alpha value is -0.540. The van der Waals surface area contributed by atoms with Crippen molar-refractivity contribution in [3.05, 3.63) is 28.5 Å². The van der Waals surface area contributed by atoms with Gasteiger partial charge in [0.25, 0.3) is 0 Å². The lowest BCUT2D eigenvalue weighted by molar-refractivity contribution is 0.363. The Labute approximate surface area is 133 Å². The smallest absolute Gasteiger partial charge is 0.127 e. The number of nitrogens with zero attached hydrogens (tertiary/aromatic N) is 2. The summed E-state index contributed by atoms with van der Waals surface area (Å²) in [6, 6.07) is 6.27. The third kappa shape index (κ3) is 2.62. The fraction of sp³-hybridized carbons (Fsp3) is 0.562. The zero-order valence-electron chi connectivity index (χ0n) is 11.9. The number of benzene rings is 1. The zero-order valence-corrected chi connectivity index (χ0v) is 14.3. The number of hydrogen-bond acceptors (Lipinski definition) is 1. The molecule has 20 heavy (non-hydrogen) atoms. The Bertz CT molecular complexity index is 620. The minimum atomic E-state index is -0.0575. The Kier molecular flexibility index (Phi) is 4.09. The quantitative estimate of drug-likeness (QED) is 0.661. The van der Waals surface area contributed by atoms with Crippen LogP contribution in [0.1, 0.15) is 44.3 Å². The minimum Gasteiger partial charge on any atom is -0.326 e. The molecule has 0 saturated heterocycles. The van der Waals surface area contributed by atoms with E-state index in [1.165, 1.54) is 24.8 Å². The van der Waals surface area contributed by atoms with Gasteiger partial charge in [-0.05, 0) is 43.4 Å². The van der Waals surface area contributed by atoms with Crippen LogP contribution in [0, 0.1) is 11.8 Å². The molecular weight excluding hydrogens is 336 g/mol. The van der Waals surface area contributed by atoms with Crippen LogP contribution in [-0.4, -0.2) is 9.55 Å². The van der Waals surface area contributed by atoms with Gasteiger partial charge in [-0.25, -0.2) is 4.98 Å². The van der Waals surface area contributed by atoms with Crippen molar-refractivity contribution in [1.82, 2.24) is 9.55 Å². The van der Waals surface area contributed by atoms with E-state index in [0.717, 1.165) is 34.2 Å². The molecular formula is C16H20BrClN2. The van der Waals surface area contributed by atoms with Gasteiger partial charge in [0.15, 0.2) is 0 Å². The number of fused-ring (bicyclic) bond motifs is 1. The van der Waals surface area contributed by atoms with Crippen LogP contribution in [0.4, 0.5) is 0 Å². The third-order valence-electron chi connectivity index (χ3n) is 4.55. The first kappa shape index (κ1) is 14.4. The van der Waals surface area contributed by atoms with Crippen molar-refractivity contribution in [3.63, 3.8) is 0 Å². The standard InChI is InChI=1S/C16H20BrClN2/c1-10-4-3-5-12(10)9-20-15-8-13(17)6-7-14(15)19-16(20)11(2)18/h6-8,10-12H,3-5,9H2,1-2H3. The summed E-state index contributed by atoms with van der Waals surface area (Å²) in [6.45, 7) is 5.42. The van der Waals surface area contributed by atoms with E-state index in [-0.39, 0.29) is 5.38 Å². The molecule has 1 aliphatic rings. The van der Waals surface area contributed by atoms with E-state index in [9.17, 15) is 0 Å². The molecule has 0 amide bonds. The summed E-state index contributed by atoms with van der Waals surface area (Å²) >= 11 is 9.91. The molecule has 108 valence electrons. The Morgan fingerprint density at radius 1 is 1.45 bits per heavy atom. The SMILES string of the molecule is CC(Cl)c1nc2ccc(Br)cc2n1CC1CCCC1C. The molecule has 3 rings (SSSR count). The third-order valence-corrected chi connectivity index (χ3v) is 5.24. The number of aromatic nitrogens is 2. The highest BCUT2D eigenvalue weighted by Crippen LogP contribution is 2.35. The predicted molar refractivity (Wildman–Crippen MR) is 88.2 cm³/mol. The maximum Gasteiger partial charge on any atom is 0.127 e. The van der Waals surface area contributed by atoms with Crippen LogP contribution in [-0.2, 0) is 6.54 Å². The summed E-state index contributed by atoms with van der Waals surface area (Å²) in [4.78, 5) is 4.73. The molecule has 0 spiro atoms. The summed E-state index contributed by atoms with van der Waals surface area (Å²) in [7, 11) is 0. The fourth-order valence-corrected chi connectivity index (χ4v) is 3.85. The van der Waals surface area contributed by atoms with Gasteiger partial charge in [-0.2, -0.15) is 0 Å². The summed E-state index contributed by atoms with van der Waals surface area (Å²) in [5.74, 6) is 2.55. The van der Waals surface area contributed by atoms with Gasteiger partial charge in [0.05, 0.1) is 16.4 Å². The molecule has 1 aromatic carbocycles. The Morgan fingerprint density at radius 3 is 2.90 bits per heavy atom. The lowest BCUT2D eigenvalue weighted by Crippen LogP contribution is -2.15. The van der Waals surface area contributed by atoms with E-state index < -0.39 is 0 Å². The highest BCUT2D eigenvalue weighted by molar-refractivity contribution is 9.10.